The maximum Gasteiger partial charge on any atom is 0.337 e. The van der Waals surface area contributed by atoms with E-state index in [0.717, 1.165) is 11.3 Å². The summed E-state index contributed by atoms with van der Waals surface area (Å²) in [6, 6.07) is 12.4. The highest BCUT2D eigenvalue weighted by Crippen LogP contribution is 2.25. The number of aromatic carboxylic acids is 1. The minimum atomic E-state index is -0.969. The smallest absolute Gasteiger partial charge is 0.337 e. The molecule has 0 aliphatic rings. The van der Waals surface area contributed by atoms with Crippen LogP contribution in [0.5, 0.6) is 5.75 Å². The van der Waals surface area contributed by atoms with E-state index in [1.807, 2.05) is 36.2 Å². The van der Waals surface area contributed by atoms with Crippen LogP contribution in [-0.2, 0) is 6.54 Å². The number of hydrogen-bond donors (Lipinski definition) is 1. The van der Waals surface area contributed by atoms with Crippen molar-refractivity contribution in [2.45, 2.75) is 6.54 Å². The topological polar surface area (TPSA) is 49.8 Å². The number of carboxylic acid groups (broad SMARTS) is 1. The summed E-state index contributed by atoms with van der Waals surface area (Å²) in [5, 5.41) is 9.76. The lowest BCUT2D eigenvalue weighted by Crippen LogP contribution is -2.19. The standard InChI is InChI=1S/C16H16ClNO3/c1-18(10-11-3-6-13(21-2)7-4-11)15-9-12(17)5-8-14(15)16(19)20/h3-9H,10H2,1-2H3,(H,19,20). The predicted molar refractivity (Wildman–Crippen MR) is 83.5 cm³/mol. The van der Waals surface area contributed by atoms with E-state index in [1.165, 1.54) is 6.07 Å². The number of halogens is 1. The zero-order valence-electron chi connectivity index (χ0n) is 11.8. The van der Waals surface area contributed by atoms with Crippen molar-refractivity contribution in [3.8, 4) is 5.75 Å². The van der Waals surface area contributed by atoms with E-state index in [0.29, 0.717) is 17.3 Å². The minimum absolute atomic E-state index is 0.232. The van der Waals surface area contributed by atoms with Crippen molar-refractivity contribution in [3.05, 3.63) is 58.6 Å². The van der Waals surface area contributed by atoms with Crippen LogP contribution in [0.25, 0.3) is 0 Å². The molecular formula is C16H16ClNO3. The van der Waals surface area contributed by atoms with Crippen LogP contribution in [-0.4, -0.2) is 25.2 Å². The molecule has 0 amide bonds. The largest absolute Gasteiger partial charge is 0.497 e. The molecule has 0 bridgehead atoms. The lowest BCUT2D eigenvalue weighted by atomic mass is 10.1. The van der Waals surface area contributed by atoms with Gasteiger partial charge in [-0.3, -0.25) is 0 Å². The van der Waals surface area contributed by atoms with Crippen LogP contribution < -0.4 is 9.64 Å². The number of anilines is 1. The van der Waals surface area contributed by atoms with Crippen molar-refractivity contribution in [1.29, 1.82) is 0 Å². The highest BCUT2D eigenvalue weighted by molar-refractivity contribution is 6.31. The van der Waals surface area contributed by atoms with Crippen molar-refractivity contribution in [2.24, 2.45) is 0 Å². The van der Waals surface area contributed by atoms with Crippen LogP contribution in [0.15, 0.2) is 42.5 Å². The third kappa shape index (κ3) is 3.67. The van der Waals surface area contributed by atoms with Gasteiger partial charge < -0.3 is 14.7 Å². The summed E-state index contributed by atoms with van der Waals surface area (Å²) in [6.07, 6.45) is 0. The van der Waals surface area contributed by atoms with Gasteiger partial charge in [-0.2, -0.15) is 0 Å². The Morgan fingerprint density at radius 1 is 1.24 bits per heavy atom. The quantitative estimate of drug-likeness (QED) is 0.915. The van der Waals surface area contributed by atoms with Gasteiger partial charge in [0.25, 0.3) is 0 Å². The lowest BCUT2D eigenvalue weighted by molar-refractivity contribution is 0.0697. The molecule has 0 aliphatic carbocycles. The molecule has 0 unspecified atom stereocenters. The normalized spacial score (nSPS) is 10.2. The molecule has 0 saturated heterocycles. The zero-order valence-corrected chi connectivity index (χ0v) is 12.6. The number of methoxy groups -OCH3 is 1. The third-order valence-corrected chi connectivity index (χ3v) is 3.42. The van der Waals surface area contributed by atoms with Gasteiger partial charge in [0, 0.05) is 18.6 Å². The Balaban J connectivity index is 2.24. The van der Waals surface area contributed by atoms with Gasteiger partial charge in [-0.1, -0.05) is 23.7 Å². The summed E-state index contributed by atoms with van der Waals surface area (Å²) in [6.45, 7) is 0.574. The van der Waals surface area contributed by atoms with E-state index in [-0.39, 0.29) is 5.56 Å². The first-order valence-electron chi connectivity index (χ1n) is 6.38. The van der Waals surface area contributed by atoms with Crippen molar-refractivity contribution in [2.75, 3.05) is 19.1 Å². The second kappa shape index (κ2) is 6.50. The van der Waals surface area contributed by atoms with Crippen molar-refractivity contribution >= 4 is 23.3 Å². The first kappa shape index (κ1) is 15.2. The molecule has 0 atom stereocenters. The minimum Gasteiger partial charge on any atom is -0.497 e. The predicted octanol–water partition coefficient (Wildman–Crippen LogP) is 3.68. The number of rotatable bonds is 5. The van der Waals surface area contributed by atoms with Crippen LogP contribution in [0.2, 0.25) is 5.02 Å². The monoisotopic (exact) mass is 305 g/mol. The Morgan fingerprint density at radius 2 is 1.90 bits per heavy atom. The second-order valence-electron chi connectivity index (χ2n) is 4.67. The van der Waals surface area contributed by atoms with E-state index in [9.17, 15) is 9.90 Å². The number of ether oxygens (including phenoxy) is 1. The van der Waals surface area contributed by atoms with Gasteiger partial charge >= 0.3 is 5.97 Å². The average molecular weight is 306 g/mol. The number of nitrogens with zero attached hydrogens (tertiary/aromatic N) is 1. The maximum absolute atomic E-state index is 11.3. The zero-order chi connectivity index (χ0) is 15.4. The number of carboxylic acids is 1. The molecule has 0 aromatic heterocycles. The van der Waals surface area contributed by atoms with Crippen LogP contribution in [0.4, 0.5) is 5.69 Å². The molecule has 0 fully saturated rings. The Labute approximate surface area is 128 Å². The molecule has 2 aromatic rings. The molecule has 0 spiro atoms. The highest BCUT2D eigenvalue weighted by atomic mass is 35.5. The molecule has 21 heavy (non-hydrogen) atoms. The van der Waals surface area contributed by atoms with Gasteiger partial charge in [0.1, 0.15) is 5.75 Å². The fraction of sp³-hybridized carbons (Fsp3) is 0.188. The fourth-order valence-corrected chi connectivity index (χ4v) is 2.26. The Bertz CT molecular complexity index is 640. The van der Waals surface area contributed by atoms with Gasteiger partial charge in [-0.05, 0) is 35.9 Å². The van der Waals surface area contributed by atoms with E-state index in [4.69, 9.17) is 16.3 Å². The highest BCUT2D eigenvalue weighted by Gasteiger charge is 2.14. The van der Waals surface area contributed by atoms with Gasteiger partial charge in [0.2, 0.25) is 0 Å². The summed E-state index contributed by atoms with van der Waals surface area (Å²) < 4.78 is 5.12. The Kier molecular flexibility index (Phi) is 4.70. The summed E-state index contributed by atoms with van der Waals surface area (Å²) >= 11 is 5.97. The van der Waals surface area contributed by atoms with Gasteiger partial charge in [0.05, 0.1) is 18.4 Å². The summed E-state index contributed by atoms with van der Waals surface area (Å²) in [5.74, 6) is -0.182. The molecule has 0 heterocycles. The van der Waals surface area contributed by atoms with E-state index < -0.39 is 5.97 Å². The van der Waals surface area contributed by atoms with Crippen LogP contribution in [0.1, 0.15) is 15.9 Å². The molecule has 0 aliphatic heterocycles. The molecule has 1 N–H and O–H groups in total. The van der Waals surface area contributed by atoms with Gasteiger partial charge in [0.15, 0.2) is 0 Å². The van der Waals surface area contributed by atoms with E-state index in [1.54, 1.807) is 19.2 Å². The molecule has 5 heteroatoms. The van der Waals surface area contributed by atoms with Gasteiger partial charge in [-0.15, -0.1) is 0 Å². The van der Waals surface area contributed by atoms with Crippen molar-refractivity contribution in [1.82, 2.24) is 0 Å². The molecule has 4 nitrogen and oxygen atoms in total. The molecule has 2 rings (SSSR count). The SMILES string of the molecule is COc1ccc(CN(C)c2cc(Cl)ccc2C(=O)O)cc1. The van der Waals surface area contributed by atoms with Crippen LogP contribution >= 0.6 is 11.6 Å². The number of benzene rings is 2. The molecular weight excluding hydrogens is 290 g/mol. The third-order valence-electron chi connectivity index (χ3n) is 3.18. The first-order valence-corrected chi connectivity index (χ1v) is 6.76. The van der Waals surface area contributed by atoms with Gasteiger partial charge in [-0.25, -0.2) is 4.79 Å². The van der Waals surface area contributed by atoms with Crippen molar-refractivity contribution < 1.29 is 14.6 Å². The number of hydrogen-bond acceptors (Lipinski definition) is 3. The fourth-order valence-electron chi connectivity index (χ4n) is 2.09. The summed E-state index contributed by atoms with van der Waals surface area (Å²) in [5.41, 5.74) is 1.87. The molecule has 0 radical (unpaired) electrons. The van der Waals surface area contributed by atoms with E-state index >= 15 is 0 Å². The van der Waals surface area contributed by atoms with E-state index in [2.05, 4.69) is 0 Å². The Hall–Kier alpha value is -2.20. The summed E-state index contributed by atoms with van der Waals surface area (Å²) in [4.78, 5) is 13.1. The maximum atomic E-state index is 11.3. The lowest BCUT2D eigenvalue weighted by Gasteiger charge is -2.21. The molecule has 0 saturated carbocycles. The summed E-state index contributed by atoms with van der Waals surface area (Å²) in [7, 11) is 3.45. The van der Waals surface area contributed by atoms with Crippen molar-refractivity contribution in [3.63, 3.8) is 0 Å². The number of carbonyl (C=O) groups is 1. The first-order chi connectivity index (χ1) is 10.0. The second-order valence-corrected chi connectivity index (χ2v) is 5.11. The molecule has 110 valence electrons. The van der Waals surface area contributed by atoms with Crippen LogP contribution in [0.3, 0.4) is 0 Å². The molecule has 2 aromatic carbocycles. The van der Waals surface area contributed by atoms with Crippen LogP contribution in [0, 0.1) is 0 Å². The Morgan fingerprint density at radius 3 is 2.48 bits per heavy atom. The average Bonchev–Trinajstić information content (AvgIpc) is 2.47.